The molecule has 0 aromatic heterocycles. The predicted molar refractivity (Wildman–Crippen MR) is 107 cm³/mol. The summed E-state index contributed by atoms with van der Waals surface area (Å²) in [6, 6.07) is 16.1. The molecular weight excluding hydrogens is 326 g/mol. The smallest absolute Gasteiger partial charge is 0.191 e. The lowest BCUT2D eigenvalue weighted by Crippen LogP contribution is -2.44. The minimum absolute atomic E-state index is 0.139. The fraction of sp³-hybridized carbons (Fsp3) is 0.381. The van der Waals surface area contributed by atoms with E-state index in [4.69, 9.17) is 4.74 Å². The van der Waals surface area contributed by atoms with Crippen LogP contribution in [0.5, 0.6) is 11.5 Å². The summed E-state index contributed by atoms with van der Waals surface area (Å²) < 4.78 is 5.16. The van der Waals surface area contributed by atoms with Gasteiger partial charge >= 0.3 is 0 Å². The molecule has 0 amide bonds. The van der Waals surface area contributed by atoms with Crippen LogP contribution in [0.15, 0.2) is 53.5 Å². The molecule has 0 spiro atoms. The number of rotatable bonds is 7. The maximum Gasteiger partial charge on any atom is 0.191 e. The summed E-state index contributed by atoms with van der Waals surface area (Å²) in [6.45, 7) is 7.51. The van der Waals surface area contributed by atoms with Crippen molar-refractivity contribution < 1.29 is 9.84 Å². The van der Waals surface area contributed by atoms with Gasteiger partial charge in [-0.3, -0.25) is 0 Å². The largest absolute Gasteiger partial charge is 0.504 e. The van der Waals surface area contributed by atoms with E-state index in [0.717, 1.165) is 18.1 Å². The number of phenols is 1. The van der Waals surface area contributed by atoms with Crippen molar-refractivity contribution in [1.29, 1.82) is 0 Å². The molecule has 0 aliphatic rings. The third kappa shape index (κ3) is 5.15. The first-order valence-corrected chi connectivity index (χ1v) is 9.01. The molecule has 26 heavy (non-hydrogen) atoms. The zero-order valence-electron chi connectivity index (χ0n) is 16.0. The van der Waals surface area contributed by atoms with Crippen molar-refractivity contribution in [2.24, 2.45) is 4.99 Å². The van der Waals surface area contributed by atoms with Gasteiger partial charge in [0.1, 0.15) is 0 Å². The van der Waals surface area contributed by atoms with Crippen LogP contribution in [0.2, 0.25) is 0 Å². The molecule has 0 aliphatic carbocycles. The van der Waals surface area contributed by atoms with Gasteiger partial charge in [-0.05, 0) is 25.5 Å². The molecule has 0 bridgehead atoms. The highest BCUT2D eigenvalue weighted by Crippen LogP contribution is 2.29. The highest BCUT2D eigenvalue weighted by atomic mass is 16.5. The highest BCUT2D eigenvalue weighted by molar-refractivity contribution is 5.80. The van der Waals surface area contributed by atoms with E-state index in [9.17, 15) is 5.11 Å². The van der Waals surface area contributed by atoms with Gasteiger partial charge in [0.2, 0.25) is 0 Å². The van der Waals surface area contributed by atoms with Gasteiger partial charge in [-0.15, -0.1) is 0 Å². The van der Waals surface area contributed by atoms with Gasteiger partial charge in [0.15, 0.2) is 17.5 Å². The normalized spacial score (nSPS) is 13.8. The standard InChI is InChI=1S/C21H29N3O2/c1-5-22-21(23-14-18-12-9-13-19(26-4)20(18)25)24-16(3)15(2)17-10-7-6-8-11-17/h6-13,15-16,25H,5,14H2,1-4H3,(H2,22,23,24). The summed E-state index contributed by atoms with van der Waals surface area (Å²) >= 11 is 0. The Bertz CT molecular complexity index is 716. The van der Waals surface area contributed by atoms with E-state index in [1.54, 1.807) is 13.2 Å². The maximum absolute atomic E-state index is 10.2. The molecule has 0 saturated heterocycles. The van der Waals surface area contributed by atoms with Gasteiger partial charge in [0, 0.05) is 24.1 Å². The number of methoxy groups -OCH3 is 1. The van der Waals surface area contributed by atoms with Crippen LogP contribution < -0.4 is 15.4 Å². The number of ether oxygens (including phenoxy) is 1. The second-order valence-corrected chi connectivity index (χ2v) is 6.30. The van der Waals surface area contributed by atoms with Crippen molar-refractivity contribution in [3.05, 3.63) is 59.7 Å². The summed E-state index contributed by atoms with van der Waals surface area (Å²) in [6.07, 6.45) is 0. The van der Waals surface area contributed by atoms with Crippen LogP contribution in [-0.2, 0) is 6.54 Å². The minimum Gasteiger partial charge on any atom is -0.504 e. The van der Waals surface area contributed by atoms with Gasteiger partial charge in [-0.25, -0.2) is 4.99 Å². The third-order valence-electron chi connectivity index (χ3n) is 4.49. The topological polar surface area (TPSA) is 65.9 Å². The molecule has 0 heterocycles. The monoisotopic (exact) mass is 355 g/mol. The fourth-order valence-corrected chi connectivity index (χ4v) is 2.73. The van der Waals surface area contributed by atoms with E-state index in [0.29, 0.717) is 18.2 Å². The first kappa shape index (κ1) is 19.6. The van der Waals surface area contributed by atoms with E-state index in [2.05, 4.69) is 53.7 Å². The number of nitrogens with one attached hydrogen (secondary N) is 2. The quantitative estimate of drug-likeness (QED) is 0.524. The first-order valence-electron chi connectivity index (χ1n) is 9.01. The van der Waals surface area contributed by atoms with Crippen LogP contribution in [0.3, 0.4) is 0 Å². The van der Waals surface area contributed by atoms with Crippen molar-refractivity contribution in [3.63, 3.8) is 0 Å². The van der Waals surface area contributed by atoms with Crippen LogP contribution in [0, 0.1) is 0 Å². The van der Waals surface area contributed by atoms with Crippen LogP contribution in [0.25, 0.3) is 0 Å². The molecule has 0 aliphatic heterocycles. The lowest BCUT2D eigenvalue weighted by Gasteiger charge is -2.24. The second-order valence-electron chi connectivity index (χ2n) is 6.30. The van der Waals surface area contributed by atoms with E-state index in [1.807, 2.05) is 25.1 Å². The summed E-state index contributed by atoms with van der Waals surface area (Å²) in [4.78, 5) is 4.61. The van der Waals surface area contributed by atoms with Gasteiger partial charge in [0.25, 0.3) is 0 Å². The molecule has 5 nitrogen and oxygen atoms in total. The van der Waals surface area contributed by atoms with Crippen LogP contribution >= 0.6 is 0 Å². The molecule has 2 unspecified atom stereocenters. The summed E-state index contributed by atoms with van der Waals surface area (Å²) in [5.74, 6) is 1.66. The summed E-state index contributed by atoms with van der Waals surface area (Å²) in [7, 11) is 1.54. The Labute approximate surface area is 156 Å². The number of nitrogens with zero attached hydrogens (tertiary/aromatic N) is 1. The van der Waals surface area contributed by atoms with Gasteiger partial charge in [-0.2, -0.15) is 0 Å². The molecule has 2 atom stereocenters. The Morgan fingerprint density at radius 1 is 1.12 bits per heavy atom. The Morgan fingerprint density at radius 2 is 1.85 bits per heavy atom. The average Bonchev–Trinajstić information content (AvgIpc) is 2.67. The van der Waals surface area contributed by atoms with Crippen molar-refractivity contribution in [2.75, 3.05) is 13.7 Å². The van der Waals surface area contributed by atoms with Gasteiger partial charge < -0.3 is 20.5 Å². The number of aliphatic imine (C=N–C) groups is 1. The van der Waals surface area contributed by atoms with Crippen molar-refractivity contribution in [3.8, 4) is 11.5 Å². The molecule has 0 saturated carbocycles. The van der Waals surface area contributed by atoms with E-state index in [-0.39, 0.29) is 11.8 Å². The van der Waals surface area contributed by atoms with Crippen molar-refractivity contribution in [2.45, 2.75) is 39.3 Å². The van der Waals surface area contributed by atoms with Crippen LogP contribution in [0.4, 0.5) is 0 Å². The summed E-state index contributed by atoms with van der Waals surface area (Å²) in [5.41, 5.74) is 2.01. The first-order chi connectivity index (χ1) is 12.6. The van der Waals surface area contributed by atoms with Gasteiger partial charge in [0.05, 0.1) is 13.7 Å². The zero-order valence-corrected chi connectivity index (χ0v) is 16.0. The molecule has 2 aromatic rings. The molecule has 2 rings (SSSR count). The Hall–Kier alpha value is -2.69. The highest BCUT2D eigenvalue weighted by Gasteiger charge is 2.15. The van der Waals surface area contributed by atoms with Crippen LogP contribution in [-0.4, -0.2) is 30.8 Å². The Morgan fingerprint density at radius 3 is 2.50 bits per heavy atom. The van der Waals surface area contributed by atoms with E-state index < -0.39 is 0 Å². The Balaban J connectivity index is 2.09. The second kappa shape index (κ2) is 9.70. The van der Waals surface area contributed by atoms with E-state index >= 15 is 0 Å². The number of benzene rings is 2. The van der Waals surface area contributed by atoms with Gasteiger partial charge in [-0.1, -0.05) is 49.4 Å². The van der Waals surface area contributed by atoms with Crippen molar-refractivity contribution in [1.82, 2.24) is 10.6 Å². The van der Waals surface area contributed by atoms with E-state index in [1.165, 1.54) is 5.56 Å². The Kier molecular flexibility index (Phi) is 7.33. The average molecular weight is 355 g/mol. The molecule has 0 radical (unpaired) electrons. The SMILES string of the molecule is CCNC(=NCc1cccc(OC)c1O)NC(C)C(C)c1ccccc1. The molecule has 5 heteroatoms. The summed E-state index contributed by atoms with van der Waals surface area (Å²) in [5, 5.41) is 16.9. The number of guanidine groups is 1. The van der Waals surface area contributed by atoms with Crippen LogP contribution in [0.1, 0.15) is 37.8 Å². The lowest BCUT2D eigenvalue weighted by molar-refractivity contribution is 0.370. The minimum atomic E-state index is 0.139. The molecular formula is C21H29N3O2. The number of phenolic OH excluding ortho intramolecular Hbond substituents is 1. The number of hydrogen-bond donors (Lipinski definition) is 3. The third-order valence-corrected chi connectivity index (χ3v) is 4.49. The lowest BCUT2D eigenvalue weighted by atomic mass is 9.94. The zero-order chi connectivity index (χ0) is 18.9. The molecule has 2 aromatic carbocycles. The molecule has 140 valence electrons. The number of para-hydroxylation sites is 1. The maximum atomic E-state index is 10.2. The number of aromatic hydroxyl groups is 1. The number of hydrogen-bond acceptors (Lipinski definition) is 3. The molecule has 0 fully saturated rings. The predicted octanol–water partition coefficient (Wildman–Crippen LogP) is 3.65. The van der Waals surface area contributed by atoms with Crippen molar-refractivity contribution >= 4 is 5.96 Å². The fourth-order valence-electron chi connectivity index (χ4n) is 2.73. The molecule has 3 N–H and O–H groups in total.